The Balaban J connectivity index is 2.50. The van der Waals surface area contributed by atoms with Gasteiger partial charge in [0.2, 0.25) is 0 Å². The van der Waals surface area contributed by atoms with Gasteiger partial charge in [-0.15, -0.1) is 0 Å². The molecule has 2 rings (SSSR count). The zero-order valence-electron chi connectivity index (χ0n) is 10.4. The van der Waals surface area contributed by atoms with Gasteiger partial charge < -0.3 is 5.11 Å². The van der Waals surface area contributed by atoms with Crippen molar-refractivity contribution >= 4 is 0 Å². The molecule has 0 spiro atoms. The number of aliphatic hydroxyl groups is 1. The number of benzene rings is 2. The van der Waals surface area contributed by atoms with E-state index in [0.717, 1.165) is 6.07 Å². The van der Waals surface area contributed by atoms with Crippen molar-refractivity contribution in [1.82, 2.24) is 0 Å². The van der Waals surface area contributed by atoms with Gasteiger partial charge in [0.05, 0.1) is 5.56 Å². The van der Waals surface area contributed by atoms with Gasteiger partial charge in [0.25, 0.3) is 0 Å². The van der Waals surface area contributed by atoms with Gasteiger partial charge in [-0.05, 0) is 41.3 Å². The van der Waals surface area contributed by atoms with Gasteiger partial charge in [-0.3, -0.25) is 0 Å². The van der Waals surface area contributed by atoms with E-state index in [1.807, 2.05) is 0 Å². The number of alkyl halides is 3. The van der Waals surface area contributed by atoms with Crippen LogP contribution in [0.5, 0.6) is 0 Å². The minimum atomic E-state index is -4.47. The predicted molar refractivity (Wildman–Crippen MR) is 67.6 cm³/mol. The SMILES string of the molecule is OCCc1cc(-c2cccc(F)c2)ccc1C(F)(F)F. The third kappa shape index (κ3) is 3.17. The fraction of sp³-hybridized carbons (Fsp3) is 0.200. The summed E-state index contributed by atoms with van der Waals surface area (Å²) in [5.41, 5.74) is 0.215. The maximum atomic E-state index is 13.1. The van der Waals surface area contributed by atoms with Crippen LogP contribution in [0.2, 0.25) is 0 Å². The van der Waals surface area contributed by atoms with Crippen LogP contribution < -0.4 is 0 Å². The molecule has 0 aromatic heterocycles. The second kappa shape index (κ2) is 5.63. The lowest BCUT2D eigenvalue weighted by atomic mass is 9.97. The largest absolute Gasteiger partial charge is 0.416 e. The summed E-state index contributed by atoms with van der Waals surface area (Å²) >= 11 is 0. The molecule has 0 aliphatic rings. The monoisotopic (exact) mass is 284 g/mol. The number of halogens is 4. The van der Waals surface area contributed by atoms with Crippen LogP contribution in [0.3, 0.4) is 0 Å². The van der Waals surface area contributed by atoms with Crippen LogP contribution in [0, 0.1) is 5.82 Å². The average Bonchev–Trinajstić information content (AvgIpc) is 2.38. The van der Waals surface area contributed by atoms with E-state index < -0.39 is 17.6 Å². The first-order valence-corrected chi connectivity index (χ1v) is 5.99. The molecule has 0 amide bonds. The average molecular weight is 284 g/mol. The van der Waals surface area contributed by atoms with Crippen LogP contribution in [0.1, 0.15) is 11.1 Å². The van der Waals surface area contributed by atoms with E-state index in [1.165, 1.54) is 30.3 Å². The van der Waals surface area contributed by atoms with Crippen molar-refractivity contribution < 1.29 is 22.7 Å². The predicted octanol–water partition coefficient (Wildman–Crippen LogP) is 4.05. The highest BCUT2D eigenvalue weighted by atomic mass is 19.4. The highest BCUT2D eigenvalue weighted by Gasteiger charge is 2.33. The molecule has 20 heavy (non-hydrogen) atoms. The second-order valence-electron chi connectivity index (χ2n) is 4.35. The first kappa shape index (κ1) is 14.5. The third-order valence-electron chi connectivity index (χ3n) is 2.95. The Kier molecular flexibility index (Phi) is 4.09. The number of aliphatic hydroxyl groups excluding tert-OH is 1. The standard InChI is InChI=1S/C15H12F4O/c16-13-3-1-2-10(9-13)11-4-5-14(15(17,18)19)12(8-11)6-7-20/h1-5,8-9,20H,6-7H2. The molecule has 0 saturated carbocycles. The Morgan fingerprint density at radius 1 is 0.950 bits per heavy atom. The van der Waals surface area contributed by atoms with Gasteiger partial charge in [0.15, 0.2) is 0 Å². The van der Waals surface area contributed by atoms with E-state index in [4.69, 9.17) is 5.11 Å². The maximum Gasteiger partial charge on any atom is 0.416 e. The van der Waals surface area contributed by atoms with Crippen molar-refractivity contribution in [2.75, 3.05) is 6.61 Å². The molecule has 0 fully saturated rings. The Bertz CT molecular complexity index is 605. The molecule has 2 aromatic carbocycles. The first-order chi connectivity index (χ1) is 9.41. The summed E-state index contributed by atoms with van der Waals surface area (Å²) in [7, 11) is 0. The third-order valence-corrected chi connectivity index (χ3v) is 2.95. The molecule has 5 heteroatoms. The smallest absolute Gasteiger partial charge is 0.396 e. The normalized spacial score (nSPS) is 11.7. The zero-order valence-corrected chi connectivity index (χ0v) is 10.4. The topological polar surface area (TPSA) is 20.2 Å². The fourth-order valence-electron chi connectivity index (χ4n) is 2.05. The highest BCUT2D eigenvalue weighted by molar-refractivity contribution is 5.65. The molecule has 0 radical (unpaired) electrons. The lowest BCUT2D eigenvalue weighted by Gasteiger charge is -2.14. The molecule has 0 aliphatic carbocycles. The molecule has 1 nitrogen and oxygen atoms in total. The van der Waals surface area contributed by atoms with Crippen LogP contribution in [-0.2, 0) is 12.6 Å². The molecule has 0 unspecified atom stereocenters. The maximum absolute atomic E-state index is 13.1. The van der Waals surface area contributed by atoms with Crippen LogP contribution in [0.15, 0.2) is 42.5 Å². The van der Waals surface area contributed by atoms with E-state index in [1.54, 1.807) is 6.07 Å². The van der Waals surface area contributed by atoms with Gasteiger partial charge in [-0.2, -0.15) is 13.2 Å². The van der Waals surface area contributed by atoms with E-state index in [-0.39, 0.29) is 18.6 Å². The van der Waals surface area contributed by atoms with E-state index in [9.17, 15) is 17.6 Å². The van der Waals surface area contributed by atoms with Crippen molar-refractivity contribution in [2.45, 2.75) is 12.6 Å². The molecule has 0 aliphatic heterocycles. The van der Waals surface area contributed by atoms with E-state index in [0.29, 0.717) is 11.1 Å². The molecule has 0 atom stereocenters. The summed E-state index contributed by atoms with van der Waals surface area (Å²) in [5.74, 6) is -0.453. The number of hydrogen-bond donors (Lipinski definition) is 1. The van der Waals surface area contributed by atoms with Crippen LogP contribution in [0.4, 0.5) is 17.6 Å². The van der Waals surface area contributed by atoms with Crippen molar-refractivity contribution in [3.05, 3.63) is 59.4 Å². The molecule has 2 aromatic rings. The fourth-order valence-corrected chi connectivity index (χ4v) is 2.05. The Morgan fingerprint density at radius 3 is 2.25 bits per heavy atom. The molecule has 0 heterocycles. The highest BCUT2D eigenvalue weighted by Crippen LogP contribution is 2.34. The van der Waals surface area contributed by atoms with Crippen molar-refractivity contribution in [3.63, 3.8) is 0 Å². The lowest BCUT2D eigenvalue weighted by Crippen LogP contribution is -2.10. The van der Waals surface area contributed by atoms with Crippen molar-refractivity contribution in [2.24, 2.45) is 0 Å². The second-order valence-corrected chi connectivity index (χ2v) is 4.35. The van der Waals surface area contributed by atoms with Crippen molar-refractivity contribution in [3.8, 4) is 11.1 Å². The number of rotatable bonds is 3. The van der Waals surface area contributed by atoms with E-state index >= 15 is 0 Å². The minimum Gasteiger partial charge on any atom is -0.396 e. The van der Waals surface area contributed by atoms with Crippen LogP contribution in [-0.4, -0.2) is 11.7 Å². The summed E-state index contributed by atoms with van der Waals surface area (Å²) in [5, 5.41) is 8.89. The zero-order chi connectivity index (χ0) is 14.8. The van der Waals surface area contributed by atoms with Gasteiger partial charge >= 0.3 is 6.18 Å². The summed E-state index contributed by atoms with van der Waals surface area (Å²) < 4.78 is 51.6. The summed E-state index contributed by atoms with van der Waals surface area (Å²) in [6.45, 7) is -0.379. The summed E-state index contributed by atoms with van der Waals surface area (Å²) in [6, 6.07) is 9.24. The summed E-state index contributed by atoms with van der Waals surface area (Å²) in [4.78, 5) is 0. The molecular weight excluding hydrogens is 272 g/mol. The van der Waals surface area contributed by atoms with E-state index in [2.05, 4.69) is 0 Å². The van der Waals surface area contributed by atoms with Gasteiger partial charge in [0.1, 0.15) is 5.82 Å². The Hall–Kier alpha value is -1.88. The van der Waals surface area contributed by atoms with Gasteiger partial charge in [0, 0.05) is 6.61 Å². The molecule has 106 valence electrons. The van der Waals surface area contributed by atoms with Crippen LogP contribution in [0.25, 0.3) is 11.1 Å². The quantitative estimate of drug-likeness (QED) is 0.843. The first-order valence-electron chi connectivity index (χ1n) is 5.99. The Labute approximate surface area is 113 Å². The number of hydrogen-bond acceptors (Lipinski definition) is 1. The molecule has 1 N–H and O–H groups in total. The lowest BCUT2D eigenvalue weighted by molar-refractivity contribution is -0.138. The van der Waals surface area contributed by atoms with Gasteiger partial charge in [-0.1, -0.05) is 24.3 Å². The molecule has 0 bridgehead atoms. The molecule has 0 saturated heterocycles. The van der Waals surface area contributed by atoms with Gasteiger partial charge in [-0.25, -0.2) is 4.39 Å². The molecular formula is C15H12F4O. The van der Waals surface area contributed by atoms with Crippen molar-refractivity contribution in [1.29, 1.82) is 0 Å². The summed E-state index contributed by atoms with van der Waals surface area (Å²) in [6.07, 6.45) is -4.57. The Morgan fingerprint density at radius 2 is 1.65 bits per heavy atom. The minimum absolute atomic E-state index is 0.00163. The van der Waals surface area contributed by atoms with Crippen LogP contribution >= 0.6 is 0 Å².